The maximum Gasteiger partial charge on any atom is 0.228 e. The number of hydrogen-bond acceptors (Lipinski definition) is 3. The molecule has 1 heterocycles. The van der Waals surface area contributed by atoms with Crippen LogP contribution in [0.5, 0.6) is 5.75 Å². The van der Waals surface area contributed by atoms with Gasteiger partial charge in [0.25, 0.3) is 0 Å². The lowest BCUT2D eigenvalue weighted by atomic mass is 10.0. The molecule has 1 saturated heterocycles. The highest BCUT2D eigenvalue weighted by atomic mass is 16.5. The average molecular weight is 262 g/mol. The summed E-state index contributed by atoms with van der Waals surface area (Å²) in [7, 11) is 0. The van der Waals surface area contributed by atoms with Gasteiger partial charge in [-0.05, 0) is 32.9 Å². The standard InChI is InChI=1S/C15H22N2O2/c1-4-19-13-8-6-5-7-12(13)17-14(18)9-10-16-11-15(17,2)3/h5-8,16H,4,9-11H2,1-3H3. The average Bonchev–Trinajstić information content (AvgIpc) is 2.49. The molecule has 1 N–H and O–H groups in total. The molecule has 1 aliphatic heterocycles. The second-order valence-corrected chi connectivity index (χ2v) is 5.37. The van der Waals surface area contributed by atoms with Crippen LogP contribution in [0.4, 0.5) is 5.69 Å². The van der Waals surface area contributed by atoms with E-state index in [-0.39, 0.29) is 11.4 Å². The zero-order chi connectivity index (χ0) is 13.9. The summed E-state index contributed by atoms with van der Waals surface area (Å²) in [5.74, 6) is 0.912. The lowest BCUT2D eigenvalue weighted by Gasteiger charge is -2.37. The number of nitrogens with zero attached hydrogens (tertiary/aromatic N) is 1. The zero-order valence-corrected chi connectivity index (χ0v) is 11.9. The molecule has 0 aliphatic carbocycles. The van der Waals surface area contributed by atoms with Crippen LogP contribution in [0.2, 0.25) is 0 Å². The Morgan fingerprint density at radius 1 is 1.37 bits per heavy atom. The Morgan fingerprint density at radius 3 is 2.84 bits per heavy atom. The summed E-state index contributed by atoms with van der Waals surface area (Å²) in [6.07, 6.45) is 0.518. The first kappa shape index (κ1) is 13.9. The molecule has 1 fully saturated rings. The molecule has 0 saturated carbocycles. The normalized spacial score (nSPS) is 19.1. The van der Waals surface area contributed by atoms with Crippen LogP contribution in [0, 0.1) is 0 Å². The number of anilines is 1. The van der Waals surface area contributed by atoms with Gasteiger partial charge in [-0.3, -0.25) is 4.79 Å². The summed E-state index contributed by atoms with van der Waals surface area (Å²) < 4.78 is 5.66. The molecule has 1 amide bonds. The van der Waals surface area contributed by atoms with E-state index in [0.29, 0.717) is 13.0 Å². The molecule has 4 heteroatoms. The Morgan fingerprint density at radius 2 is 2.11 bits per heavy atom. The van der Waals surface area contributed by atoms with Crippen molar-refractivity contribution in [2.45, 2.75) is 32.7 Å². The Labute approximate surface area is 114 Å². The summed E-state index contributed by atoms with van der Waals surface area (Å²) in [6.45, 7) is 8.21. The largest absolute Gasteiger partial charge is 0.492 e. The summed E-state index contributed by atoms with van der Waals surface area (Å²) in [4.78, 5) is 14.3. The highest BCUT2D eigenvalue weighted by molar-refractivity contribution is 5.96. The first-order chi connectivity index (χ1) is 9.06. The van der Waals surface area contributed by atoms with Gasteiger partial charge < -0.3 is 15.0 Å². The highest BCUT2D eigenvalue weighted by Crippen LogP contribution is 2.34. The first-order valence-electron chi connectivity index (χ1n) is 6.82. The molecule has 0 atom stereocenters. The molecule has 2 rings (SSSR count). The van der Waals surface area contributed by atoms with E-state index in [2.05, 4.69) is 19.2 Å². The van der Waals surface area contributed by atoms with Gasteiger partial charge in [-0.15, -0.1) is 0 Å². The molecule has 1 aromatic carbocycles. The Hall–Kier alpha value is -1.55. The van der Waals surface area contributed by atoms with Crippen molar-refractivity contribution in [1.29, 1.82) is 0 Å². The van der Waals surface area contributed by atoms with Gasteiger partial charge in [0.05, 0.1) is 17.8 Å². The Kier molecular flexibility index (Phi) is 4.10. The van der Waals surface area contributed by atoms with Gasteiger partial charge in [-0.1, -0.05) is 12.1 Å². The quantitative estimate of drug-likeness (QED) is 0.908. The number of benzene rings is 1. The van der Waals surface area contributed by atoms with Crippen LogP contribution >= 0.6 is 0 Å². The van der Waals surface area contributed by atoms with Crippen LogP contribution in [0.3, 0.4) is 0 Å². The van der Waals surface area contributed by atoms with Gasteiger partial charge in [-0.2, -0.15) is 0 Å². The molecule has 1 aromatic rings. The lowest BCUT2D eigenvalue weighted by Crippen LogP contribution is -2.51. The predicted octanol–water partition coefficient (Wildman–Crippen LogP) is 2.19. The summed E-state index contributed by atoms with van der Waals surface area (Å²) in [6, 6.07) is 7.75. The number of ether oxygens (including phenoxy) is 1. The molecular formula is C15H22N2O2. The fraction of sp³-hybridized carbons (Fsp3) is 0.533. The van der Waals surface area contributed by atoms with Gasteiger partial charge in [0.2, 0.25) is 5.91 Å². The fourth-order valence-corrected chi connectivity index (χ4v) is 2.50. The molecule has 1 aliphatic rings. The highest BCUT2D eigenvalue weighted by Gasteiger charge is 2.35. The summed E-state index contributed by atoms with van der Waals surface area (Å²) >= 11 is 0. The first-order valence-corrected chi connectivity index (χ1v) is 6.82. The molecule has 104 valence electrons. The van der Waals surface area contributed by atoms with Crippen LogP contribution in [0.25, 0.3) is 0 Å². The third-order valence-corrected chi connectivity index (χ3v) is 3.33. The van der Waals surface area contributed by atoms with Crippen molar-refractivity contribution >= 4 is 11.6 Å². The maximum absolute atomic E-state index is 12.4. The fourth-order valence-electron chi connectivity index (χ4n) is 2.50. The minimum atomic E-state index is -0.263. The van der Waals surface area contributed by atoms with E-state index in [1.54, 1.807) is 0 Å². The van der Waals surface area contributed by atoms with E-state index in [1.807, 2.05) is 36.1 Å². The monoisotopic (exact) mass is 262 g/mol. The number of nitrogens with one attached hydrogen (secondary N) is 1. The SMILES string of the molecule is CCOc1ccccc1N1C(=O)CCNCC1(C)C. The second kappa shape index (κ2) is 5.61. The van der Waals surface area contributed by atoms with Crippen molar-refractivity contribution in [3.63, 3.8) is 0 Å². The van der Waals surface area contributed by atoms with Crippen molar-refractivity contribution in [2.24, 2.45) is 0 Å². The molecule has 0 bridgehead atoms. The van der Waals surface area contributed by atoms with Crippen LogP contribution in [0.15, 0.2) is 24.3 Å². The van der Waals surface area contributed by atoms with Crippen molar-refractivity contribution in [2.75, 3.05) is 24.6 Å². The minimum Gasteiger partial charge on any atom is -0.492 e. The van der Waals surface area contributed by atoms with E-state index in [9.17, 15) is 4.79 Å². The molecule has 0 unspecified atom stereocenters. The van der Waals surface area contributed by atoms with Crippen LogP contribution < -0.4 is 15.0 Å². The Bertz CT molecular complexity index is 457. The van der Waals surface area contributed by atoms with Crippen molar-refractivity contribution in [3.8, 4) is 5.75 Å². The van der Waals surface area contributed by atoms with Crippen molar-refractivity contribution in [1.82, 2.24) is 5.32 Å². The third-order valence-electron chi connectivity index (χ3n) is 3.33. The van der Waals surface area contributed by atoms with Gasteiger partial charge in [0.15, 0.2) is 0 Å². The minimum absolute atomic E-state index is 0.141. The zero-order valence-electron chi connectivity index (χ0n) is 11.9. The van der Waals surface area contributed by atoms with E-state index < -0.39 is 0 Å². The molecule has 19 heavy (non-hydrogen) atoms. The Balaban J connectivity index is 2.44. The van der Waals surface area contributed by atoms with Crippen LogP contribution in [-0.4, -0.2) is 31.1 Å². The van der Waals surface area contributed by atoms with Gasteiger partial charge in [0, 0.05) is 19.5 Å². The number of rotatable bonds is 3. The smallest absolute Gasteiger partial charge is 0.228 e. The van der Waals surface area contributed by atoms with Crippen LogP contribution in [-0.2, 0) is 4.79 Å². The molecule has 4 nitrogen and oxygen atoms in total. The van der Waals surface area contributed by atoms with E-state index >= 15 is 0 Å². The summed E-state index contributed by atoms with van der Waals surface area (Å²) in [5.41, 5.74) is 0.601. The number of amides is 1. The number of carbonyl (C=O) groups excluding carboxylic acids is 1. The second-order valence-electron chi connectivity index (χ2n) is 5.37. The number of hydrogen-bond donors (Lipinski definition) is 1. The van der Waals surface area contributed by atoms with Gasteiger partial charge in [-0.25, -0.2) is 0 Å². The lowest BCUT2D eigenvalue weighted by molar-refractivity contribution is -0.119. The molecule has 0 spiro atoms. The van der Waals surface area contributed by atoms with Crippen molar-refractivity contribution in [3.05, 3.63) is 24.3 Å². The topological polar surface area (TPSA) is 41.6 Å². The van der Waals surface area contributed by atoms with E-state index in [1.165, 1.54) is 0 Å². The van der Waals surface area contributed by atoms with E-state index in [0.717, 1.165) is 24.5 Å². The number of para-hydroxylation sites is 2. The van der Waals surface area contributed by atoms with Gasteiger partial charge >= 0.3 is 0 Å². The predicted molar refractivity (Wildman–Crippen MR) is 76.7 cm³/mol. The molecule has 0 aromatic heterocycles. The van der Waals surface area contributed by atoms with Gasteiger partial charge in [0.1, 0.15) is 5.75 Å². The summed E-state index contributed by atoms with van der Waals surface area (Å²) in [5, 5.41) is 3.32. The van der Waals surface area contributed by atoms with Crippen molar-refractivity contribution < 1.29 is 9.53 Å². The van der Waals surface area contributed by atoms with E-state index in [4.69, 9.17) is 4.74 Å². The molecular weight excluding hydrogens is 240 g/mol. The maximum atomic E-state index is 12.4. The van der Waals surface area contributed by atoms with Crippen LogP contribution in [0.1, 0.15) is 27.2 Å². The number of carbonyl (C=O) groups is 1. The third kappa shape index (κ3) is 2.89. The molecule has 0 radical (unpaired) electrons.